The summed E-state index contributed by atoms with van der Waals surface area (Å²) in [6, 6.07) is 10.3. The zero-order chi connectivity index (χ0) is 13.9. The van der Waals surface area contributed by atoms with Gasteiger partial charge in [-0.3, -0.25) is 11.3 Å². The van der Waals surface area contributed by atoms with Crippen LogP contribution in [0.5, 0.6) is 0 Å². The molecule has 104 valence electrons. The van der Waals surface area contributed by atoms with Gasteiger partial charge in [0.2, 0.25) is 0 Å². The van der Waals surface area contributed by atoms with Crippen molar-refractivity contribution in [2.75, 3.05) is 12.0 Å². The molecular formula is C13H18N2O2S2. The fraction of sp³-hybridized carbons (Fsp3) is 0.385. The molecule has 0 aliphatic rings. The predicted octanol–water partition coefficient (Wildman–Crippen LogP) is 2.23. The van der Waals surface area contributed by atoms with Crippen molar-refractivity contribution in [2.24, 2.45) is 5.84 Å². The number of hydrazine groups is 1. The van der Waals surface area contributed by atoms with E-state index in [1.54, 1.807) is 11.3 Å². The van der Waals surface area contributed by atoms with E-state index in [1.807, 2.05) is 12.1 Å². The Morgan fingerprint density at radius 2 is 2.11 bits per heavy atom. The highest BCUT2D eigenvalue weighted by Gasteiger charge is 2.14. The van der Waals surface area contributed by atoms with Gasteiger partial charge < -0.3 is 0 Å². The van der Waals surface area contributed by atoms with E-state index >= 15 is 0 Å². The molecule has 1 unspecified atom stereocenters. The third-order valence-corrected chi connectivity index (χ3v) is 5.26. The molecule has 0 aliphatic carbocycles. The Morgan fingerprint density at radius 1 is 1.37 bits per heavy atom. The van der Waals surface area contributed by atoms with E-state index in [1.165, 1.54) is 16.3 Å². The largest absolute Gasteiger partial charge is 0.271 e. The van der Waals surface area contributed by atoms with Crippen molar-refractivity contribution < 1.29 is 8.42 Å². The van der Waals surface area contributed by atoms with Crippen LogP contribution in [0.15, 0.2) is 30.3 Å². The Balaban J connectivity index is 2.08. The molecule has 0 amide bonds. The van der Waals surface area contributed by atoms with Crippen molar-refractivity contribution in [2.45, 2.75) is 18.9 Å². The number of hydrogen-bond donors (Lipinski definition) is 2. The summed E-state index contributed by atoms with van der Waals surface area (Å²) in [4.78, 5) is 1.15. The van der Waals surface area contributed by atoms with E-state index in [0.29, 0.717) is 6.42 Å². The van der Waals surface area contributed by atoms with Crippen molar-refractivity contribution >= 4 is 31.3 Å². The summed E-state index contributed by atoms with van der Waals surface area (Å²) in [7, 11) is -2.90. The Labute approximate surface area is 117 Å². The molecule has 6 heteroatoms. The van der Waals surface area contributed by atoms with Crippen molar-refractivity contribution in [3.8, 4) is 0 Å². The summed E-state index contributed by atoms with van der Waals surface area (Å²) in [5.41, 5.74) is 2.78. The summed E-state index contributed by atoms with van der Waals surface area (Å²) in [5.74, 6) is 5.79. The van der Waals surface area contributed by atoms with Gasteiger partial charge in [-0.25, -0.2) is 8.42 Å². The third kappa shape index (κ3) is 4.01. The molecule has 19 heavy (non-hydrogen) atoms. The molecule has 2 aromatic rings. The molecule has 3 N–H and O–H groups in total. The number of rotatable bonds is 6. The molecule has 0 spiro atoms. The second-order valence-corrected chi connectivity index (χ2v) is 8.05. The lowest BCUT2D eigenvalue weighted by Crippen LogP contribution is -2.27. The maximum atomic E-state index is 11.1. The van der Waals surface area contributed by atoms with E-state index < -0.39 is 9.84 Å². The Morgan fingerprint density at radius 3 is 2.74 bits per heavy atom. The summed E-state index contributed by atoms with van der Waals surface area (Å²) < 4.78 is 23.5. The highest BCUT2D eigenvalue weighted by molar-refractivity contribution is 7.90. The SMILES string of the molecule is CS(=O)(=O)CCCC(NN)c1cc2ccccc2s1. The number of benzene rings is 1. The molecule has 0 aliphatic heterocycles. The lowest BCUT2D eigenvalue weighted by Gasteiger charge is -2.13. The predicted molar refractivity (Wildman–Crippen MR) is 80.8 cm³/mol. The highest BCUT2D eigenvalue weighted by atomic mass is 32.2. The van der Waals surface area contributed by atoms with Crippen LogP contribution >= 0.6 is 11.3 Å². The minimum Gasteiger partial charge on any atom is -0.271 e. The van der Waals surface area contributed by atoms with Gasteiger partial charge in [0.05, 0.1) is 6.04 Å². The lowest BCUT2D eigenvalue weighted by atomic mass is 10.1. The van der Waals surface area contributed by atoms with Crippen LogP contribution in [0.3, 0.4) is 0 Å². The van der Waals surface area contributed by atoms with Crippen LogP contribution in [-0.2, 0) is 9.84 Å². The highest BCUT2D eigenvalue weighted by Crippen LogP contribution is 2.31. The van der Waals surface area contributed by atoms with Crippen molar-refractivity contribution in [1.82, 2.24) is 5.43 Å². The fourth-order valence-electron chi connectivity index (χ4n) is 2.03. The van der Waals surface area contributed by atoms with Crippen molar-refractivity contribution in [1.29, 1.82) is 0 Å². The van der Waals surface area contributed by atoms with Gasteiger partial charge in [-0.05, 0) is 30.4 Å². The molecule has 2 rings (SSSR count). The maximum absolute atomic E-state index is 11.1. The van der Waals surface area contributed by atoms with Crippen LogP contribution in [0.25, 0.3) is 10.1 Å². The lowest BCUT2D eigenvalue weighted by molar-refractivity contribution is 0.515. The van der Waals surface area contributed by atoms with E-state index in [2.05, 4.69) is 23.6 Å². The number of nitrogens with two attached hydrogens (primary N) is 1. The topological polar surface area (TPSA) is 72.2 Å². The Bertz CT molecular complexity index is 616. The Kier molecular flexibility index (Phi) is 4.57. The maximum Gasteiger partial charge on any atom is 0.147 e. The van der Waals surface area contributed by atoms with Gasteiger partial charge in [0, 0.05) is 21.6 Å². The molecule has 0 radical (unpaired) electrons. The summed E-state index contributed by atoms with van der Waals surface area (Å²) >= 11 is 1.70. The van der Waals surface area contributed by atoms with Gasteiger partial charge in [-0.2, -0.15) is 0 Å². The van der Waals surface area contributed by atoms with Gasteiger partial charge >= 0.3 is 0 Å². The van der Waals surface area contributed by atoms with Gasteiger partial charge in [0.1, 0.15) is 9.84 Å². The first-order valence-electron chi connectivity index (χ1n) is 6.12. The van der Waals surface area contributed by atoms with Gasteiger partial charge in [-0.1, -0.05) is 18.2 Å². The number of sulfone groups is 1. The number of hydrogen-bond acceptors (Lipinski definition) is 5. The van der Waals surface area contributed by atoms with E-state index in [-0.39, 0.29) is 11.8 Å². The minimum atomic E-state index is -2.90. The second kappa shape index (κ2) is 6.00. The summed E-state index contributed by atoms with van der Waals surface area (Å²) in [5, 5.41) is 1.20. The monoisotopic (exact) mass is 298 g/mol. The summed E-state index contributed by atoms with van der Waals surface area (Å²) in [6.45, 7) is 0. The first-order chi connectivity index (χ1) is 8.99. The van der Waals surface area contributed by atoms with Crippen LogP contribution < -0.4 is 11.3 Å². The van der Waals surface area contributed by atoms with Gasteiger partial charge in [-0.15, -0.1) is 11.3 Å². The molecule has 1 heterocycles. The number of thiophene rings is 1. The standard InChI is InChI=1S/C13H18N2O2S2/c1-19(16,17)8-4-6-11(15-14)13-9-10-5-2-3-7-12(10)18-13/h2-3,5,7,9,11,15H,4,6,8,14H2,1H3. The molecule has 0 saturated carbocycles. The second-order valence-electron chi connectivity index (χ2n) is 4.68. The van der Waals surface area contributed by atoms with E-state index in [9.17, 15) is 8.42 Å². The molecule has 1 atom stereocenters. The molecule has 4 nitrogen and oxygen atoms in total. The Hall–Kier alpha value is -0.950. The van der Waals surface area contributed by atoms with Crippen molar-refractivity contribution in [3.05, 3.63) is 35.2 Å². The first kappa shape index (κ1) is 14.5. The van der Waals surface area contributed by atoms with E-state index in [0.717, 1.165) is 11.3 Å². The molecule has 1 aromatic heterocycles. The fourth-order valence-corrected chi connectivity index (χ4v) is 3.88. The molecule has 0 saturated heterocycles. The van der Waals surface area contributed by atoms with Crippen LogP contribution in [-0.4, -0.2) is 20.4 Å². The quantitative estimate of drug-likeness (QED) is 0.633. The first-order valence-corrected chi connectivity index (χ1v) is 8.99. The third-order valence-electron chi connectivity index (χ3n) is 3.00. The smallest absolute Gasteiger partial charge is 0.147 e. The van der Waals surface area contributed by atoms with Gasteiger partial charge in [0.25, 0.3) is 0 Å². The molecular weight excluding hydrogens is 280 g/mol. The average Bonchev–Trinajstić information content (AvgIpc) is 2.76. The van der Waals surface area contributed by atoms with Crippen molar-refractivity contribution in [3.63, 3.8) is 0 Å². The van der Waals surface area contributed by atoms with Crippen LogP contribution in [0.2, 0.25) is 0 Å². The number of nitrogens with one attached hydrogen (secondary N) is 1. The van der Waals surface area contributed by atoms with E-state index in [4.69, 9.17) is 5.84 Å². The van der Waals surface area contributed by atoms with Crippen LogP contribution in [0, 0.1) is 0 Å². The number of fused-ring (bicyclic) bond motifs is 1. The zero-order valence-electron chi connectivity index (χ0n) is 10.8. The van der Waals surface area contributed by atoms with Crippen LogP contribution in [0.1, 0.15) is 23.8 Å². The molecule has 1 aromatic carbocycles. The average molecular weight is 298 g/mol. The zero-order valence-corrected chi connectivity index (χ0v) is 12.4. The molecule has 0 fully saturated rings. The summed E-state index contributed by atoms with van der Waals surface area (Å²) in [6.07, 6.45) is 2.59. The normalized spacial score (nSPS) is 13.8. The minimum absolute atomic E-state index is 0.0131. The molecule has 0 bridgehead atoms. The van der Waals surface area contributed by atoms with Crippen LogP contribution in [0.4, 0.5) is 0 Å². The van der Waals surface area contributed by atoms with Gasteiger partial charge in [0.15, 0.2) is 0 Å².